The average molecular weight is 412 g/mol. The van der Waals surface area contributed by atoms with Gasteiger partial charge in [-0.1, -0.05) is 0 Å². The lowest BCUT2D eigenvalue weighted by molar-refractivity contribution is -0.157. The summed E-state index contributed by atoms with van der Waals surface area (Å²) in [5.41, 5.74) is -0.217. The highest BCUT2D eigenvalue weighted by molar-refractivity contribution is 7.99. The van der Waals surface area contributed by atoms with E-state index < -0.39 is 17.6 Å². The number of fused-ring (bicyclic) bond motifs is 1. The molecule has 2 aliphatic rings. The number of nitrogens with zero attached hydrogens (tertiary/aromatic N) is 5. The predicted molar refractivity (Wildman–Crippen MR) is 104 cm³/mol. The van der Waals surface area contributed by atoms with Crippen molar-refractivity contribution in [1.82, 2.24) is 19.5 Å². The maximum Gasteiger partial charge on any atom is 0.336 e. The molecule has 0 radical (unpaired) electrons. The van der Waals surface area contributed by atoms with Gasteiger partial charge in [-0.2, -0.15) is 21.7 Å². The van der Waals surface area contributed by atoms with Crippen LogP contribution in [-0.4, -0.2) is 67.9 Å². The second-order valence-corrected chi connectivity index (χ2v) is 8.19. The van der Waals surface area contributed by atoms with Gasteiger partial charge in [-0.15, -0.1) is 0 Å². The Morgan fingerprint density at radius 2 is 2.19 bits per heavy atom. The van der Waals surface area contributed by atoms with Crippen LogP contribution in [0.5, 0.6) is 0 Å². The van der Waals surface area contributed by atoms with Gasteiger partial charge in [0.1, 0.15) is 0 Å². The number of piperidine rings is 1. The van der Waals surface area contributed by atoms with Gasteiger partial charge < -0.3 is 14.7 Å². The summed E-state index contributed by atoms with van der Waals surface area (Å²) in [7, 11) is 0. The number of imidazole rings is 1. The molecule has 2 saturated heterocycles. The second-order valence-electron chi connectivity index (χ2n) is 6.83. The van der Waals surface area contributed by atoms with Crippen LogP contribution >= 0.6 is 23.4 Å². The van der Waals surface area contributed by atoms with Gasteiger partial charge in [-0.3, -0.25) is 4.57 Å². The molecule has 2 unspecified atom stereocenters. The number of aromatic nitrogens is 4. The standard InChI is InChI=1S/C17H22ClN5O3S/c1-2-26-15(25)17(9-27-8-11(17)24)23-10-19-12-13(20-16(18)21-14(12)23)22-6-4-3-5-7-22/h10-11,24H,2-9H2,1H3. The van der Waals surface area contributed by atoms with Gasteiger partial charge in [0.2, 0.25) is 5.28 Å². The summed E-state index contributed by atoms with van der Waals surface area (Å²) >= 11 is 7.73. The van der Waals surface area contributed by atoms with Crippen molar-refractivity contribution in [2.45, 2.75) is 37.8 Å². The summed E-state index contributed by atoms with van der Waals surface area (Å²) in [5, 5.41) is 10.8. The third-order valence-corrected chi connectivity index (χ3v) is 6.58. The van der Waals surface area contributed by atoms with Gasteiger partial charge >= 0.3 is 5.97 Å². The van der Waals surface area contributed by atoms with Crippen molar-refractivity contribution in [3.63, 3.8) is 0 Å². The molecule has 146 valence electrons. The Balaban J connectivity index is 1.87. The van der Waals surface area contributed by atoms with Gasteiger partial charge in [0, 0.05) is 24.6 Å². The van der Waals surface area contributed by atoms with Crippen molar-refractivity contribution < 1.29 is 14.6 Å². The Bertz CT molecular complexity index is 856. The van der Waals surface area contributed by atoms with Crippen LogP contribution in [0.2, 0.25) is 5.28 Å². The first kappa shape index (κ1) is 18.8. The number of hydrogen-bond acceptors (Lipinski definition) is 8. The van der Waals surface area contributed by atoms with Crippen molar-refractivity contribution in [1.29, 1.82) is 0 Å². The highest BCUT2D eigenvalue weighted by atomic mass is 35.5. The molecule has 2 fully saturated rings. The number of anilines is 1. The van der Waals surface area contributed by atoms with E-state index in [9.17, 15) is 9.90 Å². The van der Waals surface area contributed by atoms with Crippen LogP contribution in [0, 0.1) is 0 Å². The van der Waals surface area contributed by atoms with Crippen molar-refractivity contribution in [2.24, 2.45) is 0 Å². The lowest BCUT2D eigenvalue weighted by atomic mass is 9.95. The Kier molecular flexibility index (Phi) is 5.17. The van der Waals surface area contributed by atoms with Crippen LogP contribution in [0.15, 0.2) is 6.33 Å². The zero-order chi connectivity index (χ0) is 19.0. The first-order chi connectivity index (χ1) is 13.1. The number of carbonyl (C=O) groups is 1. The minimum atomic E-state index is -1.26. The Morgan fingerprint density at radius 3 is 2.85 bits per heavy atom. The minimum absolute atomic E-state index is 0.101. The van der Waals surface area contributed by atoms with Crippen molar-refractivity contribution in [3.05, 3.63) is 11.6 Å². The second kappa shape index (κ2) is 7.44. The molecule has 0 bridgehead atoms. The Morgan fingerprint density at radius 1 is 1.41 bits per heavy atom. The lowest BCUT2D eigenvalue weighted by Gasteiger charge is -2.31. The predicted octanol–water partition coefficient (Wildman–Crippen LogP) is 1.84. The van der Waals surface area contributed by atoms with E-state index in [0.717, 1.165) is 25.9 Å². The maximum atomic E-state index is 12.9. The molecule has 4 heterocycles. The van der Waals surface area contributed by atoms with Gasteiger partial charge in [-0.25, -0.2) is 9.78 Å². The third kappa shape index (κ3) is 3.05. The summed E-state index contributed by atoms with van der Waals surface area (Å²) < 4.78 is 6.93. The number of rotatable bonds is 4. The van der Waals surface area contributed by atoms with Crippen molar-refractivity contribution in [2.75, 3.05) is 36.1 Å². The maximum absolute atomic E-state index is 12.9. The zero-order valence-corrected chi connectivity index (χ0v) is 16.7. The fourth-order valence-electron chi connectivity index (χ4n) is 3.82. The molecule has 2 aliphatic heterocycles. The van der Waals surface area contributed by atoms with E-state index in [4.69, 9.17) is 16.3 Å². The molecule has 0 saturated carbocycles. The van der Waals surface area contributed by atoms with E-state index in [0.29, 0.717) is 28.5 Å². The normalized spacial score (nSPS) is 25.9. The van der Waals surface area contributed by atoms with Gasteiger partial charge in [0.25, 0.3) is 0 Å². The Hall–Kier alpha value is -1.58. The van der Waals surface area contributed by atoms with Crippen LogP contribution in [0.25, 0.3) is 11.2 Å². The summed E-state index contributed by atoms with van der Waals surface area (Å²) in [6.07, 6.45) is 4.03. The molecule has 0 aromatic carbocycles. The molecule has 0 aliphatic carbocycles. The monoisotopic (exact) mass is 411 g/mol. The third-order valence-electron chi connectivity index (χ3n) is 5.21. The number of aliphatic hydroxyl groups excluding tert-OH is 1. The summed E-state index contributed by atoms with van der Waals surface area (Å²) in [6, 6.07) is 0. The van der Waals surface area contributed by atoms with E-state index in [-0.39, 0.29) is 11.9 Å². The van der Waals surface area contributed by atoms with Crippen LogP contribution in [0.1, 0.15) is 26.2 Å². The molecular formula is C17H22ClN5O3S. The van der Waals surface area contributed by atoms with E-state index in [1.165, 1.54) is 18.2 Å². The molecule has 4 rings (SSSR count). The molecule has 10 heteroatoms. The molecule has 1 N–H and O–H groups in total. The van der Waals surface area contributed by atoms with E-state index >= 15 is 0 Å². The fourth-order valence-corrected chi connectivity index (χ4v) is 5.35. The number of ether oxygens (including phenoxy) is 1. The smallest absolute Gasteiger partial charge is 0.336 e. The molecule has 2 atom stereocenters. The average Bonchev–Trinajstić information content (AvgIpc) is 3.26. The van der Waals surface area contributed by atoms with Gasteiger partial charge in [0.15, 0.2) is 22.5 Å². The fraction of sp³-hybridized carbons (Fsp3) is 0.647. The first-order valence-electron chi connectivity index (χ1n) is 9.17. The molecule has 2 aromatic rings. The molecular weight excluding hydrogens is 390 g/mol. The lowest BCUT2D eigenvalue weighted by Crippen LogP contribution is -2.51. The molecule has 0 amide bonds. The minimum Gasteiger partial charge on any atom is -0.464 e. The van der Waals surface area contributed by atoms with E-state index in [2.05, 4.69) is 19.9 Å². The topological polar surface area (TPSA) is 93.4 Å². The number of hydrogen-bond donors (Lipinski definition) is 1. The highest BCUT2D eigenvalue weighted by Crippen LogP contribution is 2.39. The summed E-state index contributed by atoms with van der Waals surface area (Å²) in [4.78, 5) is 28.3. The van der Waals surface area contributed by atoms with E-state index in [1.807, 2.05) is 0 Å². The largest absolute Gasteiger partial charge is 0.464 e. The van der Waals surface area contributed by atoms with Gasteiger partial charge in [0.05, 0.1) is 19.0 Å². The molecule has 2 aromatic heterocycles. The molecule has 27 heavy (non-hydrogen) atoms. The number of aliphatic hydroxyl groups is 1. The summed E-state index contributed by atoms with van der Waals surface area (Å²) in [5.74, 6) is 1.04. The van der Waals surface area contributed by atoms with Gasteiger partial charge in [-0.05, 0) is 37.8 Å². The molecule has 0 spiro atoms. The number of carbonyl (C=O) groups excluding carboxylic acids is 1. The first-order valence-corrected chi connectivity index (χ1v) is 10.7. The van der Waals surface area contributed by atoms with Crippen LogP contribution in [0.3, 0.4) is 0 Å². The zero-order valence-electron chi connectivity index (χ0n) is 15.1. The highest BCUT2D eigenvalue weighted by Gasteiger charge is 2.53. The molecule has 8 nitrogen and oxygen atoms in total. The van der Waals surface area contributed by atoms with Crippen LogP contribution in [0.4, 0.5) is 5.82 Å². The van der Waals surface area contributed by atoms with Crippen molar-refractivity contribution >= 4 is 46.3 Å². The van der Waals surface area contributed by atoms with Crippen LogP contribution in [-0.2, 0) is 15.1 Å². The van der Waals surface area contributed by atoms with E-state index in [1.54, 1.807) is 17.8 Å². The number of esters is 1. The van der Waals surface area contributed by atoms with Crippen molar-refractivity contribution in [3.8, 4) is 0 Å². The quantitative estimate of drug-likeness (QED) is 0.601. The number of thioether (sulfide) groups is 1. The Labute approximate surface area is 166 Å². The summed E-state index contributed by atoms with van der Waals surface area (Å²) in [6.45, 7) is 3.76. The SMILES string of the molecule is CCOC(=O)C1(n2cnc3c(N4CCCCC4)nc(Cl)nc32)CSCC1O. The number of halogens is 1. The van der Waals surface area contributed by atoms with Crippen LogP contribution < -0.4 is 4.90 Å².